The Morgan fingerprint density at radius 3 is 2.97 bits per heavy atom. The predicted molar refractivity (Wildman–Crippen MR) is 112 cm³/mol. The number of rotatable bonds is 4. The largest absolute Gasteiger partial charge is 0.456 e. The van der Waals surface area contributed by atoms with E-state index in [4.69, 9.17) is 4.74 Å². The summed E-state index contributed by atoms with van der Waals surface area (Å²) in [6.45, 7) is 0.974. The van der Waals surface area contributed by atoms with Crippen LogP contribution < -0.4 is 10.2 Å². The number of aromatic nitrogens is 1. The quantitative estimate of drug-likeness (QED) is 0.662. The lowest BCUT2D eigenvalue weighted by atomic mass is 10.1. The van der Waals surface area contributed by atoms with E-state index in [1.807, 2.05) is 41.8 Å². The highest BCUT2D eigenvalue weighted by Gasteiger charge is 2.36. The molecule has 1 N–H and O–H groups in total. The van der Waals surface area contributed by atoms with E-state index in [-0.39, 0.29) is 18.6 Å². The molecule has 0 unspecified atom stereocenters. The molecule has 6 nitrogen and oxygen atoms in total. The molecule has 0 bridgehead atoms. The van der Waals surface area contributed by atoms with Gasteiger partial charge >= 0.3 is 5.97 Å². The topological polar surface area (TPSA) is 71.5 Å². The average molecular weight is 405 g/mol. The van der Waals surface area contributed by atoms with Gasteiger partial charge < -0.3 is 15.0 Å². The normalized spacial score (nSPS) is 17.4. The molecule has 0 aliphatic carbocycles. The van der Waals surface area contributed by atoms with Crippen molar-refractivity contribution in [2.45, 2.75) is 25.5 Å². The number of carbonyl (C=O) groups excluding carboxylic acids is 2. The molecule has 0 spiro atoms. The van der Waals surface area contributed by atoms with Crippen molar-refractivity contribution in [1.29, 1.82) is 0 Å². The molecular formula is C22H19N3O3S. The van der Waals surface area contributed by atoms with Crippen LogP contribution in [0.2, 0.25) is 0 Å². The summed E-state index contributed by atoms with van der Waals surface area (Å²) in [5, 5.41) is 5.72. The molecule has 3 heterocycles. The summed E-state index contributed by atoms with van der Waals surface area (Å²) in [5.41, 5.74) is 3.81. The van der Waals surface area contributed by atoms with Gasteiger partial charge in [-0.1, -0.05) is 30.3 Å². The van der Waals surface area contributed by atoms with Crippen LogP contribution in [0, 0.1) is 0 Å². The molecule has 0 radical (unpaired) electrons. The number of benzene rings is 2. The third-order valence-electron chi connectivity index (χ3n) is 5.28. The number of nitrogens with one attached hydrogen (secondary N) is 1. The molecule has 5 rings (SSSR count). The van der Waals surface area contributed by atoms with Crippen LogP contribution in [-0.4, -0.2) is 29.4 Å². The number of amides is 1. The van der Waals surface area contributed by atoms with Crippen molar-refractivity contribution in [1.82, 2.24) is 4.98 Å². The van der Waals surface area contributed by atoms with Crippen molar-refractivity contribution in [2.75, 3.05) is 16.8 Å². The van der Waals surface area contributed by atoms with E-state index in [1.165, 1.54) is 11.3 Å². The maximum Gasteiger partial charge on any atom is 0.338 e. The van der Waals surface area contributed by atoms with Gasteiger partial charge in [0.2, 0.25) is 5.91 Å². The average Bonchev–Trinajstić information content (AvgIpc) is 3.43. The minimum Gasteiger partial charge on any atom is -0.456 e. The first-order valence-corrected chi connectivity index (χ1v) is 10.5. The van der Waals surface area contributed by atoms with Gasteiger partial charge in [0.05, 0.1) is 22.6 Å². The molecule has 1 amide bonds. The number of hydrogen-bond acceptors (Lipinski definition) is 6. The fourth-order valence-electron chi connectivity index (χ4n) is 3.87. The standard InChI is InChI=1S/C22H19N3O3S/c26-20-19-7-4-10-25(19)18-9-8-15(11-17(18)24-20)22(27)28-12-16-13-29-21(23-16)14-5-2-1-3-6-14/h1-3,5-6,8-9,11,13,19H,4,7,10,12H2,(H,24,26)/t19-/m0/s1. The second kappa shape index (κ2) is 7.33. The van der Waals surface area contributed by atoms with Gasteiger partial charge in [-0.2, -0.15) is 0 Å². The van der Waals surface area contributed by atoms with Gasteiger partial charge in [-0.15, -0.1) is 11.3 Å². The van der Waals surface area contributed by atoms with Crippen molar-refractivity contribution >= 4 is 34.6 Å². The molecule has 1 atom stereocenters. The summed E-state index contributed by atoms with van der Waals surface area (Å²) >= 11 is 1.52. The molecule has 3 aromatic rings. The molecule has 0 saturated carbocycles. The number of fused-ring (bicyclic) bond motifs is 3. The first-order valence-electron chi connectivity index (χ1n) is 9.57. The number of thiazole rings is 1. The minimum absolute atomic E-state index is 0.00330. The van der Waals surface area contributed by atoms with Gasteiger partial charge in [-0.3, -0.25) is 4.79 Å². The van der Waals surface area contributed by atoms with Gasteiger partial charge in [0.25, 0.3) is 0 Å². The van der Waals surface area contributed by atoms with Gasteiger partial charge in [0.15, 0.2) is 0 Å². The Morgan fingerprint density at radius 2 is 2.10 bits per heavy atom. The highest BCUT2D eigenvalue weighted by molar-refractivity contribution is 7.13. The second-order valence-corrected chi connectivity index (χ2v) is 8.02. The summed E-state index contributed by atoms with van der Waals surface area (Å²) in [4.78, 5) is 31.4. The van der Waals surface area contributed by atoms with Gasteiger partial charge in [-0.25, -0.2) is 9.78 Å². The summed E-state index contributed by atoms with van der Waals surface area (Å²) in [6, 6.07) is 15.1. The Hall–Kier alpha value is -3.19. The highest BCUT2D eigenvalue weighted by atomic mass is 32.1. The zero-order chi connectivity index (χ0) is 19.8. The lowest BCUT2D eigenvalue weighted by molar-refractivity contribution is -0.117. The van der Waals surface area contributed by atoms with Crippen LogP contribution in [0.3, 0.4) is 0 Å². The fraction of sp³-hybridized carbons (Fsp3) is 0.227. The van der Waals surface area contributed by atoms with Crippen molar-refractivity contribution in [2.24, 2.45) is 0 Å². The van der Waals surface area contributed by atoms with Crippen LogP contribution in [0.4, 0.5) is 11.4 Å². The zero-order valence-electron chi connectivity index (χ0n) is 15.6. The number of anilines is 2. The molecule has 146 valence electrons. The maximum absolute atomic E-state index is 12.5. The van der Waals surface area contributed by atoms with Crippen molar-refractivity contribution in [3.8, 4) is 10.6 Å². The lowest BCUT2D eigenvalue weighted by Gasteiger charge is -2.33. The molecule has 7 heteroatoms. The molecule has 1 fully saturated rings. The van der Waals surface area contributed by atoms with E-state index in [1.54, 1.807) is 12.1 Å². The van der Waals surface area contributed by atoms with E-state index in [2.05, 4.69) is 15.2 Å². The van der Waals surface area contributed by atoms with Gasteiger partial charge in [-0.05, 0) is 31.0 Å². The monoisotopic (exact) mass is 405 g/mol. The summed E-state index contributed by atoms with van der Waals surface area (Å²) in [7, 11) is 0. The van der Waals surface area contributed by atoms with E-state index in [9.17, 15) is 9.59 Å². The molecule has 29 heavy (non-hydrogen) atoms. The Bertz CT molecular complexity index is 1080. The first-order chi connectivity index (χ1) is 14.2. The van der Waals surface area contributed by atoms with Crippen LogP contribution in [0.15, 0.2) is 53.9 Å². The summed E-state index contributed by atoms with van der Waals surface area (Å²) in [6.07, 6.45) is 1.87. The van der Waals surface area contributed by atoms with Crippen LogP contribution in [0.5, 0.6) is 0 Å². The van der Waals surface area contributed by atoms with E-state index in [0.29, 0.717) is 16.9 Å². The number of hydrogen-bond donors (Lipinski definition) is 1. The SMILES string of the molecule is O=C(OCc1csc(-c2ccccc2)n1)c1ccc2c(c1)NC(=O)[C@@H]1CCCN21. The smallest absolute Gasteiger partial charge is 0.338 e. The van der Waals surface area contributed by atoms with Crippen LogP contribution in [-0.2, 0) is 16.1 Å². The van der Waals surface area contributed by atoms with Gasteiger partial charge in [0.1, 0.15) is 17.7 Å². The van der Waals surface area contributed by atoms with E-state index < -0.39 is 5.97 Å². The van der Waals surface area contributed by atoms with Crippen LogP contribution in [0.25, 0.3) is 10.6 Å². The molecule has 1 saturated heterocycles. The Labute approximate surface area is 172 Å². The predicted octanol–water partition coefficient (Wildman–Crippen LogP) is 4.09. The third kappa shape index (κ3) is 3.38. The Balaban J connectivity index is 1.28. The molecule has 1 aromatic heterocycles. The first kappa shape index (κ1) is 17.9. The number of esters is 1. The van der Waals surface area contributed by atoms with Crippen molar-refractivity contribution in [3.05, 3.63) is 65.2 Å². The Morgan fingerprint density at radius 1 is 1.24 bits per heavy atom. The summed E-state index contributed by atoms with van der Waals surface area (Å²) in [5.74, 6) is -0.434. The molecular weight excluding hydrogens is 386 g/mol. The van der Waals surface area contributed by atoms with Crippen LogP contribution in [0.1, 0.15) is 28.9 Å². The second-order valence-electron chi connectivity index (χ2n) is 7.16. The number of ether oxygens (including phenoxy) is 1. The highest BCUT2D eigenvalue weighted by Crippen LogP contribution is 2.37. The molecule has 2 aliphatic rings. The lowest BCUT2D eigenvalue weighted by Crippen LogP contribution is -2.43. The van der Waals surface area contributed by atoms with E-state index in [0.717, 1.165) is 35.6 Å². The Kier molecular flexibility index (Phi) is 4.52. The molecule has 2 aliphatic heterocycles. The third-order valence-corrected chi connectivity index (χ3v) is 6.22. The van der Waals surface area contributed by atoms with Crippen molar-refractivity contribution in [3.63, 3.8) is 0 Å². The van der Waals surface area contributed by atoms with Crippen molar-refractivity contribution < 1.29 is 14.3 Å². The van der Waals surface area contributed by atoms with Crippen LogP contribution >= 0.6 is 11.3 Å². The summed E-state index contributed by atoms with van der Waals surface area (Å²) < 4.78 is 5.45. The zero-order valence-corrected chi connectivity index (χ0v) is 16.4. The number of carbonyl (C=O) groups is 2. The maximum atomic E-state index is 12.5. The fourth-order valence-corrected chi connectivity index (χ4v) is 4.68. The minimum atomic E-state index is -0.431. The molecule has 2 aromatic carbocycles. The van der Waals surface area contributed by atoms with E-state index >= 15 is 0 Å². The van der Waals surface area contributed by atoms with Gasteiger partial charge in [0, 0.05) is 17.5 Å². The number of nitrogens with zero attached hydrogens (tertiary/aromatic N) is 2.